The summed E-state index contributed by atoms with van der Waals surface area (Å²) in [5.41, 5.74) is 2.09. The molecule has 1 amide bonds. The van der Waals surface area contributed by atoms with Crippen molar-refractivity contribution in [3.05, 3.63) is 65.2 Å². The van der Waals surface area contributed by atoms with Crippen molar-refractivity contribution in [1.29, 1.82) is 0 Å². The lowest BCUT2D eigenvalue weighted by atomic mass is 9.96. The third kappa shape index (κ3) is 6.34. The molecule has 0 N–H and O–H groups in total. The van der Waals surface area contributed by atoms with Crippen molar-refractivity contribution in [2.45, 2.75) is 26.3 Å². The first-order chi connectivity index (χ1) is 14.4. The molecule has 5 nitrogen and oxygen atoms in total. The first-order valence-electron chi connectivity index (χ1n) is 10.8. The molecule has 0 bridgehead atoms. The fourth-order valence-corrected chi connectivity index (χ4v) is 4.04. The van der Waals surface area contributed by atoms with Crippen LogP contribution in [-0.2, 0) is 6.54 Å². The molecule has 1 aromatic carbocycles. The number of aromatic nitrogens is 1. The average molecular weight is 413 g/mol. The number of likely N-dealkylation sites (N-methyl/N-ethyl adjacent to an activating group) is 1. The van der Waals surface area contributed by atoms with Crippen molar-refractivity contribution >= 4 is 5.91 Å². The second-order valence-corrected chi connectivity index (χ2v) is 8.55. The minimum Gasteiger partial charge on any atom is -0.336 e. The fraction of sp³-hybridized carbons (Fsp3) is 0.500. The number of rotatable bonds is 8. The Morgan fingerprint density at radius 1 is 1.17 bits per heavy atom. The van der Waals surface area contributed by atoms with Crippen LogP contribution in [0.15, 0.2) is 42.5 Å². The lowest BCUT2D eigenvalue weighted by Gasteiger charge is -2.36. The molecule has 3 rings (SSSR count). The van der Waals surface area contributed by atoms with Gasteiger partial charge in [0.05, 0.1) is 0 Å². The van der Waals surface area contributed by atoms with Gasteiger partial charge in [0.25, 0.3) is 5.91 Å². The number of halogens is 1. The van der Waals surface area contributed by atoms with Gasteiger partial charge in [0.2, 0.25) is 0 Å². The molecule has 0 spiro atoms. The highest BCUT2D eigenvalue weighted by molar-refractivity contribution is 5.92. The summed E-state index contributed by atoms with van der Waals surface area (Å²) in [4.78, 5) is 24.0. The van der Waals surface area contributed by atoms with Gasteiger partial charge < -0.3 is 9.80 Å². The highest BCUT2D eigenvalue weighted by atomic mass is 19.1. The number of likely N-dealkylation sites (tertiary alicyclic amines) is 1. The minimum atomic E-state index is -0.145. The minimum absolute atomic E-state index is 0.00761. The Morgan fingerprint density at radius 3 is 2.70 bits per heavy atom. The summed E-state index contributed by atoms with van der Waals surface area (Å²) in [5, 5.41) is 0. The van der Waals surface area contributed by atoms with Gasteiger partial charge in [0.1, 0.15) is 11.5 Å². The summed E-state index contributed by atoms with van der Waals surface area (Å²) in [6.07, 6.45) is 2.15. The number of pyridine rings is 1. The molecule has 1 aliphatic rings. The zero-order valence-electron chi connectivity index (χ0n) is 18.4. The van der Waals surface area contributed by atoms with Crippen molar-refractivity contribution in [3.63, 3.8) is 0 Å². The number of amides is 1. The molecule has 6 heteroatoms. The normalized spacial score (nSPS) is 17.3. The van der Waals surface area contributed by atoms with E-state index in [2.05, 4.69) is 14.8 Å². The van der Waals surface area contributed by atoms with Crippen molar-refractivity contribution in [3.8, 4) is 0 Å². The number of piperidine rings is 1. The van der Waals surface area contributed by atoms with Gasteiger partial charge in [-0.15, -0.1) is 0 Å². The van der Waals surface area contributed by atoms with Crippen LogP contribution in [0.2, 0.25) is 0 Å². The van der Waals surface area contributed by atoms with E-state index in [4.69, 9.17) is 0 Å². The molecule has 0 radical (unpaired) electrons. The van der Waals surface area contributed by atoms with E-state index in [9.17, 15) is 9.18 Å². The van der Waals surface area contributed by atoms with Crippen molar-refractivity contribution in [1.82, 2.24) is 19.7 Å². The van der Waals surface area contributed by atoms with Crippen LogP contribution >= 0.6 is 0 Å². The second-order valence-electron chi connectivity index (χ2n) is 8.55. The standard InChI is InChI=1S/C24H33FN4O/c1-19-8-6-12-23(26-19)24(30)29(15-14-27(2)3)17-20-9-7-13-28(16-20)18-21-10-4-5-11-22(21)25/h4-6,8,10-12,20H,7,9,13-18H2,1-3H3/t20-/m0/s1. The first-order valence-corrected chi connectivity index (χ1v) is 10.8. The fourth-order valence-electron chi connectivity index (χ4n) is 4.04. The summed E-state index contributed by atoms with van der Waals surface area (Å²) in [6.45, 7) is 6.55. The molecule has 1 atom stereocenters. The van der Waals surface area contributed by atoms with Crippen molar-refractivity contribution in [2.24, 2.45) is 5.92 Å². The van der Waals surface area contributed by atoms with Gasteiger partial charge in [-0.3, -0.25) is 9.69 Å². The van der Waals surface area contributed by atoms with Crippen LogP contribution in [0, 0.1) is 18.7 Å². The van der Waals surface area contributed by atoms with E-state index in [1.165, 1.54) is 6.07 Å². The van der Waals surface area contributed by atoms with Crippen LogP contribution in [0.4, 0.5) is 4.39 Å². The summed E-state index contributed by atoms with van der Waals surface area (Å²) >= 11 is 0. The largest absolute Gasteiger partial charge is 0.336 e. The van der Waals surface area contributed by atoms with E-state index >= 15 is 0 Å². The van der Waals surface area contributed by atoms with Crippen LogP contribution in [0.3, 0.4) is 0 Å². The van der Waals surface area contributed by atoms with Gasteiger partial charge in [-0.05, 0) is 64.5 Å². The molecular formula is C24H33FN4O. The molecule has 2 heterocycles. The van der Waals surface area contributed by atoms with Crippen molar-refractivity contribution in [2.75, 3.05) is 46.8 Å². The van der Waals surface area contributed by atoms with Crippen LogP contribution in [0.1, 0.15) is 34.6 Å². The van der Waals surface area contributed by atoms with E-state index in [0.29, 0.717) is 31.2 Å². The van der Waals surface area contributed by atoms with Gasteiger partial charge in [-0.1, -0.05) is 24.3 Å². The Bertz CT molecular complexity index is 841. The topological polar surface area (TPSA) is 39.7 Å². The highest BCUT2D eigenvalue weighted by Gasteiger charge is 2.26. The van der Waals surface area contributed by atoms with E-state index < -0.39 is 0 Å². The Labute approximate surface area is 179 Å². The quantitative estimate of drug-likeness (QED) is 0.666. The molecule has 1 fully saturated rings. The Kier molecular flexibility index (Phi) is 7.94. The van der Waals surface area contributed by atoms with Gasteiger partial charge in [0, 0.05) is 44.0 Å². The molecule has 30 heavy (non-hydrogen) atoms. The zero-order valence-corrected chi connectivity index (χ0v) is 18.4. The lowest BCUT2D eigenvalue weighted by molar-refractivity contribution is 0.0654. The second kappa shape index (κ2) is 10.6. The first kappa shape index (κ1) is 22.4. The average Bonchev–Trinajstić information content (AvgIpc) is 2.72. The van der Waals surface area contributed by atoms with Gasteiger partial charge in [-0.2, -0.15) is 0 Å². The summed E-state index contributed by atoms with van der Waals surface area (Å²) in [6, 6.07) is 12.6. The maximum atomic E-state index is 14.1. The van der Waals surface area contributed by atoms with Crippen LogP contribution in [0.25, 0.3) is 0 Å². The molecule has 1 aliphatic heterocycles. The molecule has 0 saturated carbocycles. The van der Waals surface area contributed by atoms with E-state index in [1.54, 1.807) is 12.1 Å². The number of hydrogen-bond donors (Lipinski definition) is 0. The number of carbonyl (C=O) groups is 1. The molecule has 1 saturated heterocycles. The molecule has 2 aromatic rings. The summed E-state index contributed by atoms with van der Waals surface area (Å²) in [7, 11) is 4.04. The van der Waals surface area contributed by atoms with Crippen molar-refractivity contribution < 1.29 is 9.18 Å². The number of aryl methyl sites for hydroxylation is 1. The predicted octanol–water partition coefficient (Wildman–Crippen LogP) is 3.45. The molecule has 0 aliphatic carbocycles. The van der Waals surface area contributed by atoms with Gasteiger partial charge >= 0.3 is 0 Å². The third-order valence-electron chi connectivity index (χ3n) is 5.65. The maximum absolute atomic E-state index is 14.1. The molecule has 0 unspecified atom stereocenters. The summed E-state index contributed by atoms with van der Waals surface area (Å²) < 4.78 is 14.1. The lowest BCUT2D eigenvalue weighted by Crippen LogP contribution is -2.44. The highest BCUT2D eigenvalue weighted by Crippen LogP contribution is 2.21. The summed E-state index contributed by atoms with van der Waals surface area (Å²) in [5.74, 6) is 0.223. The van der Waals surface area contributed by atoms with Crippen LogP contribution in [-0.4, -0.2) is 72.4 Å². The Balaban J connectivity index is 1.67. The number of carbonyl (C=O) groups excluding carboxylic acids is 1. The SMILES string of the molecule is Cc1cccc(C(=O)N(CCN(C)C)C[C@H]2CCCN(Cc3ccccc3F)C2)n1. The molecule has 162 valence electrons. The molecule has 1 aromatic heterocycles. The maximum Gasteiger partial charge on any atom is 0.272 e. The van der Waals surface area contributed by atoms with Gasteiger partial charge in [-0.25, -0.2) is 9.37 Å². The van der Waals surface area contributed by atoms with E-state index in [0.717, 1.165) is 43.7 Å². The number of hydrogen-bond acceptors (Lipinski definition) is 4. The van der Waals surface area contributed by atoms with E-state index in [1.807, 2.05) is 50.2 Å². The Hall–Kier alpha value is -2.31. The third-order valence-corrected chi connectivity index (χ3v) is 5.65. The molecular weight excluding hydrogens is 379 g/mol. The van der Waals surface area contributed by atoms with E-state index in [-0.39, 0.29) is 11.7 Å². The Morgan fingerprint density at radius 2 is 1.97 bits per heavy atom. The number of nitrogens with zero attached hydrogens (tertiary/aromatic N) is 4. The number of benzene rings is 1. The smallest absolute Gasteiger partial charge is 0.272 e. The zero-order chi connectivity index (χ0) is 21.5. The van der Waals surface area contributed by atoms with Crippen LogP contribution in [0.5, 0.6) is 0 Å². The van der Waals surface area contributed by atoms with Crippen LogP contribution < -0.4 is 0 Å². The predicted molar refractivity (Wildman–Crippen MR) is 118 cm³/mol. The van der Waals surface area contributed by atoms with Gasteiger partial charge in [0.15, 0.2) is 0 Å². The monoisotopic (exact) mass is 412 g/mol.